The normalized spacial score (nSPS) is 10.5. The summed E-state index contributed by atoms with van der Waals surface area (Å²) in [5, 5.41) is 2.34. The molecule has 0 unspecified atom stereocenters. The molecule has 1 aromatic rings. The predicted octanol–water partition coefficient (Wildman–Crippen LogP) is -0.388. The van der Waals surface area contributed by atoms with Crippen LogP contribution in [0.4, 0.5) is 10.5 Å². The molecule has 16 heavy (non-hydrogen) atoms. The van der Waals surface area contributed by atoms with Crippen molar-refractivity contribution in [2.45, 2.75) is 4.90 Å². The Hall–Kier alpha value is -2.09. The molecule has 0 bridgehead atoms. The molecule has 0 radical (unpaired) electrons. The number of sulfonamides is 1. The van der Waals surface area contributed by atoms with E-state index in [4.69, 9.17) is 5.73 Å². The maximum Gasteiger partial charge on any atom is 0.326 e. The number of urea groups is 1. The molecular formula is C8H9N3O4S. The average molecular weight is 243 g/mol. The van der Waals surface area contributed by atoms with Crippen molar-refractivity contribution in [2.24, 2.45) is 5.73 Å². The summed E-state index contributed by atoms with van der Waals surface area (Å²) in [5.41, 5.74) is 5.14. The third kappa shape index (κ3) is 2.95. The van der Waals surface area contributed by atoms with Gasteiger partial charge >= 0.3 is 6.03 Å². The Kier molecular flexibility index (Phi) is 3.46. The molecule has 0 fully saturated rings. The summed E-state index contributed by atoms with van der Waals surface area (Å²) >= 11 is 0. The largest absolute Gasteiger partial charge is 0.351 e. The van der Waals surface area contributed by atoms with Gasteiger partial charge in [-0.3, -0.25) is 4.79 Å². The number of hydrogen-bond donors (Lipinski definition) is 3. The van der Waals surface area contributed by atoms with E-state index in [2.05, 4.69) is 5.32 Å². The molecular weight excluding hydrogens is 234 g/mol. The highest BCUT2D eigenvalue weighted by Crippen LogP contribution is 2.12. The van der Waals surface area contributed by atoms with Crippen LogP contribution in [0.5, 0.6) is 0 Å². The number of primary amides is 1. The first-order valence-electron chi connectivity index (χ1n) is 4.08. The monoisotopic (exact) mass is 243 g/mol. The summed E-state index contributed by atoms with van der Waals surface area (Å²) in [7, 11) is -3.93. The van der Waals surface area contributed by atoms with Gasteiger partial charge in [0.15, 0.2) is 0 Å². The van der Waals surface area contributed by atoms with E-state index < -0.39 is 16.1 Å². The third-order valence-electron chi connectivity index (χ3n) is 1.63. The highest BCUT2D eigenvalue weighted by molar-refractivity contribution is 7.90. The van der Waals surface area contributed by atoms with Gasteiger partial charge in [0, 0.05) is 5.69 Å². The molecule has 7 nitrogen and oxygen atoms in total. The Labute approximate surface area is 91.7 Å². The molecule has 0 aliphatic carbocycles. The lowest BCUT2D eigenvalue weighted by Crippen LogP contribution is -2.34. The van der Waals surface area contributed by atoms with Gasteiger partial charge in [-0.25, -0.2) is 17.9 Å². The predicted molar refractivity (Wildman–Crippen MR) is 56.0 cm³/mol. The first-order chi connectivity index (χ1) is 7.45. The Morgan fingerprint density at radius 3 is 2.25 bits per heavy atom. The van der Waals surface area contributed by atoms with Gasteiger partial charge < -0.3 is 11.1 Å². The topological polar surface area (TPSA) is 118 Å². The molecule has 0 aliphatic heterocycles. The van der Waals surface area contributed by atoms with Gasteiger partial charge in [-0.15, -0.1) is 0 Å². The molecule has 0 atom stereocenters. The molecule has 4 N–H and O–H groups in total. The van der Waals surface area contributed by atoms with Crippen molar-refractivity contribution in [1.29, 1.82) is 0 Å². The van der Waals surface area contributed by atoms with E-state index >= 15 is 0 Å². The number of carbonyl (C=O) groups is 2. The van der Waals surface area contributed by atoms with Gasteiger partial charge in [-0.05, 0) is 24.3 Å². The SMILES string of the molecule is NC(=O)NS(=O)(=O)c1ccc(NC=O)cc1. The highest BCUT2D eigenvalue weighted by Gasteiger charge is 2.15. The van der Waals surface area contributed by atoms with Crippen LogP contribution in [0.15, 0.2) is 29.2 Å². The minimum atomic E-state index is -3.93. The van der Waals surface area contributed by atoms with E-state index in [9.17, 15) is 18.0 Å². The summed E-state index contributed by atoms with van der Waals surface area (Å²) < 4.78 is 24.4. The molecule has 0 heterocycles. The number of amides is 3. The van der Waals surface area contributed by atoms with E-state index in [-0.39, 0.29) is 4.90 Å². The van der Waals surface area contributed by atoms with Crippen LogP contribution in [0.1, 0.15) is 0 Å². The molecule has 0 aromatic heterocycles. The zero-order valence-electron chi connectivity index (χ0n) is 8.01. The second kappa shape index (κ2) is 4.62. The summed E-state index contributed by atoms with van der Waals surface area (Å²) in [4.78, 5) is 20.4. The van der Waals surface area contributed by atoms with Crippen LogP contribution >= 0.6 is 0 Å². The van der Waals surface area contributed by atoms with Gasteiger partial charge in [0.05, 0.1) is 4.90 Å². The first-order valence-corrected chi connectivity index (χ1v) is 5.56. The molecule has 0 spiro atoms. The molecule has 1 aromatic carbocycles. The minimum absolute atomic E-state index is 0.122. The van der Waals surface area contributed by atoms with Crippen LogP contribution in [0, 0.1) is 0 Å². The average Bonchev–Trinajstić information content (AvgIpc) is 2.17. The van der Waals surface area contributed by atoms with Crippen molar-refractivity contribution in [1.82, 2.24) is 4.72 Å². The van der Waals surface area contributed by atoms with Crippen LogP contribution in [-0.4, -0.2) is 20.9 Å². The molecule has 1 rings (SSSR count). The Morgan fingerprint density at radius 1 is 1.25 bits per heavy atom. The third-order valence-corrected chi connectivity index (χ3v) is 2.99. The number of carbonyl (C=O) groups excluding carboxylic acids is 2. The lowest BCUT2D eigenvalue weighted by Gasteiger charge is -2.04. The number of nitrogens with one attached hydrogen (secondary N) is 2. The molecule has 0 saturated carbocycles. The second-order valence-electron chi connectivity index (χ2n) is 2.76. The number of rotatable bonds is 4. The number of benzene rings is 1. The zero-order chi connectivity index (χ0) is 12.2. The van der Waals surface area contributed by atoms with E-state index in [1.807, 2.05) is 0 Å². The number of nitrogens with two attached hydrogens (primary N) is 1. The van der Waals surface area contributed by atoms with E-state index in [0.29, 0.717) is 12.1 Å². The zero-order valence-corrected chi connectivity index (χ0v) is 8.82. The molecule has 0 aliphatic rings. The molecule has 0 saturated heterocycles. The van der Waals surface area contributed by atoms with Crippen molar-refractivity contribution in [3.8, 4) is 0 Å². The maximum absolute atomic E-state index is 11.4. The standard InChI is InChI=1S/C8H9N3O4S/c9-8(13)11-16(14,15)7-3-1-6(2-4-7)10-5-12/h1-5H,(H,10,12)(H3,9,11,13). The Bertz CT molecular complexity index is 495. The summed E-state index contributed by atoms with van der Waals surface area (Å²) in [6.07, 6.45) is 0.463. The smallest absolute Gasteiger partial charge is 0.326 e. The van der Waals surface area contributed by atoms with Gasteiger partial charge in [-0.1, -0.05) is 0 Å². The van der Waals surface area contributed by atoms with Gasteiger partial charge in [0.25, 0.3) is 10.0 Å². The van der Waals surface area contributed by atoms with Crippen LogP contribution in [0.2, 0.25) is 0 Å². The van der Waals surface area contributed by atoms with Crippen molar-refractivity contribution < 1.29 is 18.0 Å². The summed E-state index contributed by atoms with van der Waals surface area (Å²) in [6, 6.07) is 4.07. The van der Waals surface area contributed by atoms with Crippen LogP contribution in [0.25, 0.3) is 0 Å². The van der Waals surface area contributed by atoms with Crippen LogP contribution < -0.4 is 15.8 Å². The van der Waals surface area contributed by atoms with Crippen molar-refractivity contribution >= 4 is 28.2 Å². The van der Waals surface area contributed by atoms with Gasteiger partial charge in [-0.2, -0.15) is 0 Å². The number of hydrogen-bond acceptors (Lipinski definition) is 4. The fourth-order valence-electron chi connectivity index (χ4n) is 0.990. The highest BCUT2D eigenvalue weighted by atomic mass is 32.2. The quantitative estimate of drug-likeness (QED) is 0.624. The molecule has 86 valence electrons. The molecule has 8 heteroatoms. The van der Waals surface area contributed by atoms with Crippen LogP contribution in [0.3, 0.4) is 0 Å². The molecule has 3 amide bonds. The fourth-order valence-corrected chi connectivity index (χ4v) is 1.87. The maximum atomic E-state index is 11.4. The van der Waals surface area contributed by atoms with Gasteiger partial charge in [0.1, 0.15) is 0 Å². The van der Waals surface area contributed by atoms with Gasteiger partial charge in [0.2, 0.25) is 6.41 Å². The Balaban J connectivity index is 2.97. The van der Waals surface area contributed by atoms with Crippen molar-refractivity contribution in [2.75, 3.05) is 5.32 Å². The summed E-state index contributed by atoms with van der Waals surface area (Å²) in [6.45, 7) is 0. The lowest BCUT2D eigenvalue weighted by molar-refractivity contribution is -0.105. The fraction of sp³-hybridized carbons (Fsp3) is 0. The van der Waals surface area contributed by atoms with E-state index in [0.717, 1.165) is 0 Å². The summed E-state index contributed by atoms with van der Waals surface area (Å²) in [5.74, 6) is 0. The first kappa shape index (κ1) is 12.0. The van der Waals surface area contributed by atoms with E-state index in [1.54, 1.807) is 4.72 Å². The minimum Gasteiger partial charge on any atom is -0.351 e. The lowest BCUT2D eigenvalue weighted by atomic mass is 10.3. The van der Waals surface area contributed by atoms with Crippen LogP contribution in [-0.2, 0) is 14.8 Å². The van der Waals surface area contributed by atoms with Crippen molar-refractivity contribution in [3.63, 3.8) is 0 Å². The van der Waals surface area contributed by atoms with E-state index in [1.165, 1.54) is 24.3 Å². The van der Waals surface area contributed by atoms with Crippen molar-refractivity contribution in [3.05, 3.63) is 24.3 Å². The Morgan fingerprint density at radius 2 is 1.81 bits per heavy atom. The number of anilines is 1. The second-order valence-corrected chi connectivity index (χ2v) is 4.44.